The number of aromatic nitrogens is 5. The van der Waals surface area contributed by atoms with E-state index in [-0.39, 0.29) is 5.89 Å². The molecule has 0 spiro atoms. The molecule has 102 valence electrons. The number of aromatic amines is 1. The molecule has 0 bridgehead atoms. The number of nitrogens with zero attached hydrogens (tertiary/aromatic N) is 4. The van der Waals surface area contributed by atoms with E-state index in [4.69, 9.17) is 26.6 Å². The molecule has 20 heavy (non-hydrogen) atoms. The molecule has 0 fully saturated rings. The Morgan fingerprint density at radius 2 is 2.25 bits per heavy atom. The first-order valence-electron chi connectivity index (χ1n) is 5.52. The molecule has 0 unspecified atom stereocenters. The van der Waals surface area contributed by atoms with E-state index in [0.29, 0.717) is 33.5 Å². The molecule has 9 heteroatoms. The fourth-order valence-electron chi connectivity index (χ4n) is 1.65. The summed E-state index contributed by atoms with van der Waals surface area (Å²) in [6.07, 6.45) is 1.49. The van der Waals surface area contributed by atoms with Gasteiger partial charge in [0, 0.05) is 6.07 Å². The molecule has 0 amide bonds. The number of nitrogens with two attached hydrogens (primary N) is 1. The van der Waals surface area contributed by atoms with E-state index in [9.17, 15) is 0 Å². The third-order valence-corrected chi connectivity index (χ3v) is 2.95. The van der Waals surface area contributed by atoms with Crippen LogP contribution in [-0.4, -0.2) is 32.7 Å². The summed E-state index contributed by atoms with van der Waals surface area (Å²) in [7, 11) is 1.51. The van der Waals surface area contributed by atoms with Crippen LogP contribution in [0.4, 0.5) is 5.69 Å². The highest BCUT2D eigenvalue weighted by atomic mass is 35.5. The van der Waals surface area contributed by atoms with Crippen LogP contribution in [0.3, 0.4) is 0 Å². The smallest absolute Gasteiger partial charge is 0.262 e. The van der Waals surface area contributed by atoms with Gasteiger partial charge in [-0.1, -0.05) is 16.8 Å². The minimum absolute atomic E-state index is 0.252. The molecule has 2 heterocycles. The van der Waals surface area contributed by atoms with Gasteiger partial charge in [-0.2, -0.15) is 20.4 Å². The summed E-state index contributed by atoms with van der Waals surface area (Å²) >= 11 is 6.00. The van der Waals surface area contributed by atoms with Crippen LogP contribution in [0.25, 0.3) is 23.0 Å². The summed E-state index contributed by atoms with van der Waals surface area (Å²) < 4.78 is 10.4. The zero-order valence-electron chi connectivity index (χ0n) is 10.3. The van der Waals surface area contributed by atoms with Gasteiger partial charge in [0.1, 0.15) is 5.75 Å². The highest BCUT2D eigenvalue weighted by molar-refractivity contribution is 6.33. The number of rotatable bonds is 3. The first kappa shape index (κ1) is 12.4. The van der Waals surface area contributed by atoms with Crippen molar-refractivity contribution >= 4 is 17.3 Å². The number of nitrogen functional groups attached to an aromatic ring is 1. The normalized spacial score (nSPS) is 10.7. The zero-order valence-corrected chi connectivity index (χ0v) is 11.0. The lowest BCUT2D eigenvalue weighted by atomic mass is 10.2. The molecule has 0 aliphatic carbocycles. The maximum Gasteiger partial charge on any atom is 0.262 e. The number of halogens is 1. The number of benzene rings is 1. The van der Waals surface area contributed by atoms with Crippen LogP contribution < -0.4 is 10.5 Å². The minimum atomic E-state index is 0.252. The third-order valence-electron chi connectivity index (χ3n) is 2.62. The monoisotopic (exact) mass is 292 g/mol. The second kappa shape index (κ2) is 4.82. The van der Waals surface area contributed by atoms with Crippen LogP contribution >= 0.6 is 11.6 Å². The molecule has 8 nitrogen and oxygen atoms in total. The van der Waals surface area contributed by atoms with Crippen LogP contribution in [0.1, 0.15) is 0 Å². The number of H-pyrrole nitrogens is 1. The highest BCUT2D eigenvalue weighted by Crippen LogP contribution is 2.35. The maximum atomic E-state index is 6.00. The number of nitrogens with one attached hydrogen (secondary N) is 1. The van der Waals surface area contributed by atoms with E-state index < -0.39 is 0 Å². The van der Waals surface area contributed by atoms with Crippen molar-refractivity contribution in [2.24, 2.45) is 0 Å². The fraction of sp³-hybridized carbons (Fsp3) is 0.0909. The standard InChI is InChI=1S/C11H9ClN6O2/c1-19-9-3-7(13)6(12)2-5(9)11-15-10(17-20-11)8-4-14-18-16-8/h2-4H,13H2,1H3,(H,14,16,18). The summed E-state index contributed by atoms with van der Waals surface area (Å²) in [5.41, 5.74) is 7.15. The van der Waals surface area contributed by atoms with Crippen molar-refractivity contribution in [3.8, 4) is 28.7 Å². The number of methoxy groups -OCH3 is 1. The first-order valence-corrected chi connectivity index (χ1v) is 5.90. The molecule has 1 aromatic carbocycles. The van der Waals surface area contributed by atoms with E-state index >= 15 is 0 Å². The van der Waals surface area contributed by atoms with Crippen LogP contribution in [0, 0.1) is 0 Å². The van der Waals surface area contributed by atoms with Crippen molar-refractivity contribution < 1.29 is 9.26 Å². The average molecular weight is 293 g/mol. The SMILES string of the molecule is COc1cc(N)c(Cl)cc1-c1nc(-c2cn[nH]n2)no1. The summed E-state index contributed by atoms with van der Waals surface area (Å²) in [6.45, 7) is 0. The number of hydrogen-bond acceptors (Lipinski definition) is 7. The first-order chi connectivity index (χ1) is 9.69. The van der Waals surface area contributed by atoms with Gasteiger partial charge >= 0.3 is 0 Å². The Hall–Kier alpha value is -2.61. The van der Waals surface area contributed by atoms with Crippen molar-refractivity contribution in [3.63, 3.8) is 0 Å². The van der Waals surface area contributed by atoms with E-state index in [0.717, 1.165) is 0 Å². The number of hydrogen-bond donors (Lipinski definition) is 2. The molecule has 3 rings (SSSR count). The maximum absolute atomic E-state index is 6.00. The number of anilines is 1. The molecule has 0 atom stereocenters. The van der Waals surface area contributed by atoms with Crippen molar-refractivity contribution in [3.05, 3.63) is 23.4 Å². The summed E-state index contributed by atoms with van der Waals surface area (Å²) in [4.78, 5) is 4.22. The molecule has 0 saturated carbocycles. The number of ether oxygens (including phenoxy) is 1. The van der Waals surface area contributed by atoms with Gasteiger partial charge < -0.3 is 15.0 Å². The molecule has 3 aromatic rings. The van der Waals surface area contributed by atoms with E-state index in [1.54, 1.807) is 12.1 Å². The topological polar surface area (TPSA) is 116 Å². The van der Waals surface area contributed by atoms with Gasteiger partial charge in [-0.05, 0) is 6.07 Å². The van der Waals surface area contributed by atoms with Crippen LogP contribution in [0.15, 0.2) is 22.9 Å². The molecule has 2 aromatic heterocycles. The lowest BCUT2D eigenvalue weighted by Crippen LogP contribution is -1.93. The molecule has 0 aliphatic heterocycles. The van der Waals surface area contributed by atoms with Crippen LogP contribution in [0.2, 0.25) is 5.02 Å². The summed E-state index contributed by atoms with van der Waals surface area (Å²) in [5.74, 6) is 1.05. The van der Waals surface area contributed by atoms with Gasteiger partial charge in [0.2, 0.25) is 5.82 Å². The van der Waals surface area contributed by atoms with Gasteiger partial charge in [0.15, 0.2) is 5.69 Å². The second-order valence-corrected chi connectivity index (χ2v) is 4.26. The highest BCUT2D eigenvalue weighted by Gasteiger charge is 2.17. The average Bonchev–Trinajstić information content (AvgIpc) is 3.10. The molecular weight excluding hydrogens is 284 g/mol. The largest absolute Gasteiger partial charge is 0.496 e. The van der Waals surface area contributed by atoms with Crippen LogP contribution in [-0.2, 0) is 0 Å². The summed E-state index contributed by atoms with van der Waals surface area (Å²) in [5, 5.41) is 14.2. The van der Waals surface area contributed by atoms with Gasteiger partial charge in [-0.15, -0.1) is 0 Å². The Balaban J connectivity index is 2.07. The molecule has 3 N–H and O–H groups in total. The van der Waals surface area contributed by atoms with Gasteiger partial charge in [0.05, 0.1) is 29.6 Å². The van der Waals surface area contributed by atoms with E-state index in [1.165, 1.54) is 13.3 Å². The van der Waals surface area contributed by atoms with Crippen molar-refractivity contribution in [2.75, 3.05) is 12.8 Å². The molecule has 0 saturated heterocycles. The molecule has 0 aliphatic rings. The molecule has 0 radical (unpaired) electrons. The second-order valence-electron chi connectivity index (χ2n) is 3.85. The van der Waals surface area contributed by atoms with Crippen LogP contribution in [0.5, 0.6) is 5.75 Å². The Morgan fingerprint density at radius 3 is 2.95 bits per heavy atom. The lowest BCUT2D eigenvalue weighted by Gasteiger charge is -2.07. The van der Waals surface area contributed by atoms with Crippen molar-refractivity contribution in [2.45, 2.75) is 0 Å². The Kier molecular flexibility index (Phi) is 2.99. The third kappa shape index (κ3) is 2.05. The summed E-state index contributed by atoms with van der Waals surface area (Å²) in [6, 6.07) is 3.20. The van der Waals surface area contributed by atoms with Gasteiger partial charge in [-0.25, -0.2) is 0 Å². The Bertz CT molecular complexity index is 739. The lowest BCUT2D eigenvalue weighted by molar-refractivity contribution is 0.405. The Labute approximate surface area is 117 Å². The van der Waals surface area contributed by atoms with Gasteiger partial charge in [-0.3, -0.25) is 0 Å². The quantitative estimate of drug-likeness (QED) is 0.707. The fourth-order valence-corrected chi connectivity index (χ4v) is 1.82. The van der Waals surface area contributed by atoms with Crippen molar-refractivity contribution in [1.29, 1.82) is 0 Å². The Morgan fingerprint density at radius 1 is 1.40 bits per heavy atom. The van der Waals surface area contributed by atoms with Crippen molar-refractivity contribution in [1.82, 2.24) is 25.6 Å². The molecular formula is C11H9ClN6O2. The predicted octanol–water partition coefficient (Wildman–Crippen LogP) is 1.77. The predicted molar refractivity (Wildman–Crippen MR) is 71.1 cm³/mol. The zero-order chi connectivity index (χ0) is 14.1. The minimum Gasteiger partial charge on any atom is -0.496 e. The van der Waals surface area contributed by atoms with E-state index in [1.807, 2.05) is 0 Å². The van der Waals surface area contributed by atoms with Gasteiger partial charge in [0.25, 0.3) is 5.89 Å². The van der Waals surface area contributed by atoms with E-state index in [2.05, 4.69) is 25.6 Å².